The molecule has 0 saturated carbocycles. The number of hydrogen-bond donors (Lipinski definition) is 0. The number of morpholine rings is 1. The molecule has 1 aliphatic rings. The molecule has 24 heavy (non-hydrogen) atoms. The molecular formula is C15H13BrN4O3S. The van der Waals surface area contributed by atoms with Crippen molar-refractivity contribution in [2.45, 2.75) is 6.10 Å². The Morgan fingerprint density at radius 2 is 2.17 bits per heavy atom. The van der Waals surface area contributed by atoms with E-state index in [9.17, 15) is 10.1 Å². The minimum atomic E-state index is -0.369. The van der Waals surface area contributed by atoms with Crippen LogP contribution in [0.4, 0.5) is 11.6 Å². The van der Waals surface area contributed by atoms with Crippen LogP contribution in [-0.2, 0) is 4.74 Å². The molecule has 2 aromatic heterocycles. The van der Waals surface area contributed by atoms with E-state index in [2.05, 4.69) is 20.9 Å². The molecule has 1 saturated heterocycles. The van der Waals surface area contributed by atoms with E-state index in [0.717, 1.165) is 10.0 Å². The summed E-state index contributed by atoms with van der Waals surface area (Å²) < 4.78 is 8.39. The van der Waals surface area contributed by atoms with Crippen LogP contribution < -0.4 is 4.90 Å². The van der Waals surface area contributed by atoms with E-state index < -0.39 is 0 Å². The molecule has 1 fully saturated rings. The van der Waals surface area contributed by atoms with Gasteiger partial charge < -0.3 is 19.8 Å². The van der Waals surface area contributed by atoms with Crippen LogP contribution in [0.5, 0.6) is 0 Å². The van der Waals surface area contributed by atoms with Gasteiger partial charge in [0.1, 0.15) is 12.3 Å². The van der Waals surface area contributed by atoms with Crippen LogP contribution in [0.3, 0.4) is 0 Å². The number of rotatable bonds is 3. The van der Waals surface area contributed by atoms with E-state index in [-0.39, 0.29) is 16.8 Å². The van der Waals surface area contributed by atoms with Gasteiger partial charge in [-0.05, 0) is 22.6 Å². The lowest BCUT2D eigenvalue weighted by Gasteiger charge is -2.32. The van der Waals surface area contributed by atoms with Crippen molar-refractivity contribution in [1.82, 2.24) is 9.38 Å². The van der Waals surface area contributed by atoms with Crippen molar-refractivity contribution < 1.29 is 9.66 Å². The molecule has 0 N–H and O–H groups in total. The summed E-state index contributed by atoms with van der Waals surface area (Å²) in [5.74, 6) is 0.431. The molecule has 3 heterocycles. The lowest BCUT2D eigenvalue weighted by atomic mass is 10.1. The third-order valence-electron chi connectivity index (χ3n) is 4.00. The predicted molar refractivity (Wildman–Crippen MR) is 94.8 cm³/mol. The smallest absolute Gasteiger partial charge is 0.370 e. The second-order valence-corrected chi connectivity index (χ2v) is 7.22. The lowest BCUT2D eigenvalue weighted by Crippen LogP contribution is -2.38. The highest BCUT2D eigenvalue weighted by Gasteiger charge is 2.31. The van der Waals surface area contributed by atoms with Crippen LogP contribution >= 0.6 is 27.3 Å². The number of imidazole rings is 1. The van der Waals surface area contributed by atoms with Crippen LogP contribution in [0.25, 0.3) is 4.96 Å². The molecule has 0 amide bonds. The monoisotopic (exact) mass is 408 g/mol. The Kier molecular flexibility index (Phi) is 3.99. The zero-order valence-electron chi connectivity index (χ0n) is 12.5. The van der Waals surface area contributed by atoms with Gasteiger partial charge >= 0.3 is 5.82 Å². The molecule has 0 bridgehead atoms. The summed E-state index contributed by atoms with van der Waals surface area (Å²) in [6.07, 6.45) is 1.55. The fourth-order valence-corrected chi connectivity index (χ4v) is 3.83. The van der Waals surface area contributed by atoms with Gasteiger partial charge in [-0.2, -0.15) is 9.38 Å². The summed E-state index contributed by atoms with van der Waals surface area (Å²) in [5.41, 5.74) is 1.05. The summed E-state index contributed by atoms with van der Waals surface area (Å²) >= 11 is 4.81. The third kappa shape index (κ3) is 2.68. The number of anilines is 1. The van der Waals surface area contributed by atoms with Crippen molar-refractivity contribution in [3.8, 4) is 0 Å². The molecule has 124 valence electrons. The van der Waals surface area contributed by atoms with E-state index in [0.29, 0.717) is 30.5 Å². The van der Waals surface area contributed by atoms with Crippen LogP contribution in [-0.4, -0.2) is 34.0 Å². The Balaban J connectivity index is 1.67. The van der Waals surface area contributed by atoms with Crippen LogP contribution in [0.1, 0.15) is 11.7 Å². The molecule has 0 radical (unpaired) electrons. The fraction of sp³-hybridized carbons (Fsp3) is 0.267. The van der Waals surface area contributed by atoms with Crippen molar-refractivity contribution in [1.29, 1.82) is 0 Å². The number of thiazole rings is 1. The van der Waals surface area contributed by atoms with Crippen molar-refractivity contribution in [3.05, 3.63) is 56.0 Å². The third-order valence-corrected chi connectivity index (χ3v) is 5.29. The average molecular weight is 409 g/mol. The normalized spacial score (nSPS) is 18.2. The zero-order valence-corrected chi connectivity index (χ0v) is 14.9. The molecule has 0 spiro atoms. The molecular weight excluding hydrogens is 396 g/mol. The number of ether oxygens (including phenoxy) is 1. The second kappa shape index (κ2) is 6.15. The van der Waals surface area contributed by atoms with E-state index in [1.807, 2.05) is 29.2 Å². The molecule has 4 rings (SSSR count). The summed E-state index contributed by atoms with van der Waals surface area (Å²) in [4.78, 5) is 18.2. The Labute approximate surface area is 149 Å². The highest BCUT2D eigenvalue weighted by Crippen LogP contribution is 2.34. The highest BCUT2D eigenvalue weighted by atomic mass is 79.9. The lowest BCUT2D eigenvalue weighted by molar-refractivity contribution is -0.389. The fourth-order valence-electron chi connectivity index (χ4n) is 2.86. The second-order valence-electron chi connectivity index (χ2n) is 5.43. The molecule has 1 atom stereocenters. The molecule has 0 aliphatic carbocycles. The Morgan fingerprint density at radius 3 is 2.92 bits per heavy atom. The summed E-state index contributed by atoms with van der Waals surface area (Å²) in [5, 5.41) is 13.3. The van der Waals surface area contributed by atoms with Gasteiger partial charge in [0, 0.05) is 16.4 Å². The first-order valence-electron chi connectivity index (χ1n) is 7.35. The van der Waals surface area contributed by atoms with Crippen LogP contribution in [0, 0.1) is 10.1 Å². The van der Waals surface area contributed by atoms with E-state index >= 15 is 0 Å². The van der Waals surface area contributed by atoms with Gasteiger partial charge in [-0.25, -0.2) is 0 Å². The number of aromatic nitrogens is 2. The predicted octanol–water partition coefficient (Wildman–Crippen LogP) is 3.64. The van der Waals surface area contributed by atoms with Gasteiger partial charge in [0.25, 0.3) is 4.96 Å². The number of benzene rings is 1. The first kappa shape index (κ1) is 15.6. The number of nitro groups is 1. The largest absolute Gasteiger partial charge is 0.373 e. The first-order chi connectivity index (χ1) is 11.6. The Morgan fingerprint density at radius 1 is 1.38 bits per heavy atom. The van der Waals surface area contributed by atoms with Gasteiger partial charge in [0.2, 0.25) is 5.82 Å². The molecule has 1 unspecified atom stereocenters. The maximum absolute atomic E-state index is 11.5. The molecule has 9 heteroatoms. The summed E-state index contributed by atoms with van der Waals surface area (Å²) in [7, 11) is 0. The van der Waals surface area contributed by atoms with Gasteiger partial charge in [0.05, 0.1) is 13.2 Å². The molecule has 3 aromatic rings. The molecule has 7 nitrogen and oxygen atoms in total. The van der Waals surface area contributed by atoms with Crippen molar-refractivity contribution >= 4 is 43.9 Å². The van der Waals surface area contributed by atoms with Gasteiger partial charge in [0.15, 0.2) is 0 Å². The van der Waals surface area contributed by atoms with Gasteiger partial charge in [-0.1, -0.05) is 39.4 Å². The van der Waals surface area contributed by atoms with Crippen molar-refractivity contribution in [3.63, 3.8) is 0 Å². The zero-order chi connectivity index (χ0) is 16.7. The van der Waals surface area contributed by atoms with Gasteiger partial charge in [-0.15, -0.1) is 0 Å². The number of fused-ring (bicyclic) bond motifs is 1. The van der Waals surface area contributed by atoms with E-state index in [1.165, 1.54) is 15.7 Å². The highest BCUT2D eigenvalue weighted by molar-refractivity contribution is 9.10. The SMILES string of the molecule is O=[N+]([O-])c1c(N2CCOC(c3ccc(Br)cc3)C2)nc2sccn12. The van der Waals surface area contributed by atoms with Crippen molar-refractivity contribution in [2.75, 3.05) is 24.6 Å². The average Bonchev–Trinajstić information content (AvgIpc) is 3.16. The Hall–Kier alpha value is -1.97. The van der Waals surface area contributed by atoms with Crippen LogP contribution in [0.2, 0.25) is 0 Å². The quantitative estimate of drug-likeness (QED) is 0.488. The number of halogens is 1. The first-order valence-corrected chi connectivity index (χ1v) is 9.02. The van der Waals surface area contributed by atoms with E-state index in [4.69, 9.17) is 4.74 Å². The standard InChI is InChI=1S/C15H13BrN4O3S/c16-11-3-1-10(2-4-11)12-9-18(5-7-23-12)13-14(20(21)22)19-6-8-24-15(19)17-13/h1-4,6,8,12H,5,7,9H2. The maximum Gasteiger partial charge on any atom is 0.373 e. The Bertz CT molecular complexity index is 892. The van der Waals surface area contributed by atoms with E-state index in [1.54, 1.807) is 11.6 Å². The summed E-state index contributed by atoms with van der Waals surface area (Å²) in [6, 6.07) is 7.93. The molecule has 1 aliphatic heterocycles. The van der Waals surface area contributed by atoms with Gasteiger partial charge in [-0.3, -0.25) is 0 Å². The summed E-state index contributed by atoms with van der Waals surface area (Å²) in [6.45, 7) is 1.62. The number of hydrogen-bond acceptors (Lipinski definition) is 6. The minimum absolute atomic E-state index is 0.0164. The minimum Gasteiger partial charge on any atom is -0.370 e. The van der Waals surface area contributed by atoms with Crippen LogP contribution in [0.15, 0.2) is 40.3 Å². The maximum atomic E-state index is 11.5. The molecule has 1 aromatic carbocycles. The topological polar surface area (TPSA) is 72.9 Å². The number of nitrogens with zero attached hydrogens (tertiary/aromatic N) is 4. The van der Waals surface area contributed by atoms with Crippen molar-refractivity contribution in [2.24, 2.45) is 0 Å².